The molecule has 0 saturated heterocycles. The fourth-order valence-corrected chi connectivity index (χ4v) is 2.88. The lowest BCUT2D eigenvalue weighted by atomic mass is 10.3. The molecule has 0 aliphatic heterocycles. The molecular weight excluding hydrogens is 332 g/mol. The van der Waals surface area contributed by atoms with E-state index in [9.17, 15) is 4.79 Å². The third kappa shape index (κ3) is 2.74. The van der Waals surface area contributed by atoms with Crippen LogP contribution in [0.3, 0.4) is 0 Å². The highest BCUT2D eigenvalue weighted by Gasteiger charge is 2.14. The summed E-state index contributed by atoms with van der Waals surface area (Å²) < 4.78 is 4.30. The van der Waals surface area contributed by atoms with Gasteiger partial charge in [-0.3, -0.25) is 14.0 Å². The summed E-state index contributed by atoms with van der Waals surface area (Å²) in [6.45, 7) is 4.22. The third-order valence-corrected chi connectivity index (χ3v) is 4.09. The van der Waals surface area contributed by atoms with Gasteiger partial charge in [-0.15, -0.1) is 0 Å². The average molecular weight is 346 g/mol. The van der Waals surface area contributed by atoms with Gasteiger partial charge < -0.3 is 0 Å². The molecular formula is C12H14BrClN4O. The van der Waals surface area contributed by atoms with Gasteiger partial charge in [0.25, 0.3) is 5.56 Å². The largest absolute Gasteiger partial charge is 0.291 e. The molecule has 0 bridgehead atoms. The van der Waals surface area contributed by atoms with Crippen LogP contribution in [-0.2, 0) is 20.0 Å². The molecule has 0 fully saturated rings. The number of aryl methyl sites for hydroxylation is 3. The molecule has 7 heteroatoms. The first kappa shape index (κ1) is 14.3. The highest BCUT2D eigenvalue weighted by Crippen LogP contribution is 2.22. The Morgan fingerprint density at radius 3 is 2.68 bits per heavy atom. The van der Waals surface area contributed by atoms with Crippen LogP contribution >= 0.6 is 27.5 Å². The second-order valence-electron chi connectivity index (χ2n) is 4.23. The van der Waals surface area contributed by atoms with E-state index in [1.165, 1.54) is 6.07 Å². The Hall–Kier alpha value is -1.14. The zero-order chi connectivity index (χ0) is 14.2. The SMILES string of the molecule is CCc1nn(C)c(Cn2c(C)nc(Cl)cc2=O)c1Br. The van der Waals surface area contributed by atoms with Crippen molar-refractivity contribution in [3.05, 3.63) is 43.3 Å². The predicted octanol–water partition coefficient (Wildman–Crippen LogP) is 2.31. The molecule has 0 N–H and O–H groups in total. The van der Waals surface area contributed by atoms with E-state index in [4.69, 9.17) is 11.6 Å². The van der Waals surface area contributed by atoms with Gasteiger partial charge in [-0.25, -0.2) is 4.98 Å². The number of halogens is 2. The number of rotatable bonds is 3. The second-order valence-corrected chi connectivity index (χ2v) is 5.42. The van der Waals surface area contributed by atoms with Crippen LogP contribution in [0.2, 0.25) is 5.15 Å². The Labute approximate surface area is 124 Å². The first-order valence-electron chi connectivity index (χ1n) is 5.88. The monoisotopic (exact) mass is 344 g/mol. The van der Waals surface area contributed by atoms with Crippen LogP contribution in [0.25, 0.3) is 0 Å². The lowest BCUT2D eigenvalue weighted by molar-refractivity contribution is 0.626. The summed E-state index contributed by atoms with van der Waals surface area (Å²) in [7, 11) is 1.86. The summed E-state index contributed by atoms with van der Waals surface area (Å²) in [4.78, 5) is 16.1. The molecule has 2 heterocycles. The molecule has 0 aromatic carbocycles. The van der Waals surface area contributed by atoms with Gasteiger partial charge in [-0.1, -0.05) is 18.5 Å². The van der Waals surface area contributed by atoms with Crippen LogP contribution in [0.1, 0.15) is 24.1 Å². The summed E-state index contributed by atoms with van der Waals surface area (Å²) in [6, 6.07) is 1.32. The first-order chi connectivity index (χ1) is 8.93. The Balaban J connectivity index is 2.48. The van der Waals surface area contributed by atoms with Crippen molar-refractivity contribution in [1.29, 1.82) is 0 Å². The minimum atomic E-state index is -0.163. The molecule has 102 valence electrons. The zero-order valence-corrected chi connectivity index (χ0v) is 13.3. The molecule has 0 spiro atoms. The quantitative estimate of drug-likeness (QED) is 0.802. The fourth-order valence-electron chi connectivity index (χ4n) is 1.92. The number of aromatic nitrogens is 4. The molecule has 0 saturated carbocycles. The highest BCUT2D eigenvalue weighted by molar-refractivity contribution is 9.10. The molecule has 0 amide bonds. The van der Waals surface area contributed by atoms with Crippen LogP contribution in [0.5, 0.6) is 0 Å². The molecule has 0 aliphatic carbocycles. The van der Waals surface area contributed by atoms with Gasteiger partial charge in [-0.05, 0) is 29.3 Å². The van der Waals surface area contributed by atoms with E-state index in [0.717, 1.165) is 22.3 Å². The lowest BCUT2D eigenvalue weighted by Gasteiger charge is -2.09. The van der Waals surface area contributed by atoms with Crippen LogP contribution in [0.4, 0.5) is 0 Å². The maximum absolute atomic E-state index is 12.0. The Kier molecular flexibility index (Phi) is 4.10. The topological polar surface area (TPSA) is 52.7 Å². The van der Waals surface area contributed by atoms with E-state index in [1.807, 2.05) is 14.0 Å². The van der Waals surface area contributed by atoms with E-state index in [-0.39, 0.29) is 10.7 Å². The molecule has 2 aromatic heterocycles. The van der Waals surface area contributed by atoms with Crippen LogP contribution < -0.4 is 5.56 Å². The molecule has 0 radical (unpaired) electrons. The molecule has 0 aliphatic rings. The smallest absolute Gasteiger partial charge is 0.255 e. The van der Waals surface area contributed by atoms with Gasteiger partial charge in [0.05, 0.1) is 22.4 Å². The summed E-state index contributed by atoms with van der Waals surface area (Å²) in [6.07, 6.45) is 0.834. The third-order valence-electron chi connectivity index (χ3n) is 2.98. The Morgan fingerprint density at radius 1 is 1.47 bits per heavy atom. The van der Waals surface area contributed by atoms with Crippen molar-refractivity contribution in [2.24, 2.45) is 7.05 Å². The second kappa shape index (κ2) is 5.46. The van der Waals surface area contributed by atoms with Gasteiger partial charge in [0.15, 0.2) is 0 Å². The fraction of sp³-hybridized carbons (Fsp3) is 0.417. The maximum Gasteiger partial charge on any atom is 0.255 e. The Bertz CT molecular complexity index is 677. The van der Waals surface area contributed by atoms with Gasteiger partial charge in [0.1, 0.15) is 11.0 Å². The summed E-state index contributed by atoms with van der Waals surface area (Å²) in [5, 5.41) is 4.63. The lowest BCUT2D eigenvalue weighted by Crippen LogP contribution is -2.24. The standard InChI is InChI=1S/C12H14BrClN4O/c1-4-8-12(13)9(17(3)16-8)6-18-7(2)15-10(14)5-11(18)19/h5H,4,6H2,1-3H3. The minimum Gasteiger partial charge on any atom is -0.291 e. The van der Waals surface area contributed by atoms with Crippen molar-refractivity contribution in [1.82, 2.24) is 19.3 Å². The van der Waals surface area contributed by atoms with Crippen LogP contribution in [-0.4, -0.2) is 19.3 Å². The highest BCUT2D eigenvalue weighted by atomic mass is 79.9. The summed E-state index contributed by atoms with van der Waals surface area (Å²) >= 11 is 9.30. The molecule has 2 rings (SSSR count). The normalized spacial score (nSPS) is 11.0. The number of hydrogen-bond acceptors (Lipinski definition) is 3. The maximum atomic E-state index is 12.0. The van der Waals surface area contributed by atoms with Crippen molar-refractivity contribution in [3.63, 3.8) is 0 Å². The summed E-state index contributed by atoms with van der Waals surface area (Å²) in [5.74, 6) is 0.587. The molecule has 0 unspecified atom stereocenters. The van der Waals surface area contributed by atoms with Crippen molar-refractivity contribution < 1.29 is 0 Å². The van der Waals surface area contributed by atoms with Gasteiger partial charge in [0, 0.05) is 13.1 Å². The van der Waals surface area contributed by atoms with Gasteiger partial charge >= 0.3 is 0 Å². The predicted molar refractivity (Wildman–Crippen MR) is 77.6 cm³/mol. The molecule has 2 aromatic rings. The van der Waals surface area contributed by atoms with Gasteiger partial charge in [0.2, 0.25) is 0 Å². The average Bonchev–Trinajstić information content (AvgIpc) is 2.59. The van der Waals surface area contributed by atoms with Crippen molar-refractivity contribution in [2.45, 2.75) is 26.8 Å². The number of nitrogens with zero attached hydrogens (tertiary/aromatic N) is 4. The van der Waals surface area contributed by atoms with E-state index < -0.39 is 0 Å². The first-order valence-corrected chi connectivity index (χ1v) is 7.05. The molecule has 0 atom stereocenters. The van der Waals surface area contributed by atoms with E-state index in [2.05, 4.69) is 26.0 Å². The van der Waals surface area contributed by atoms with Crippen molar-refractivity contribution in [3.8, 4) is 0 Å². The van der Waals surface area contributed by atoms with Gasteiger partial charge in [-0.2, -0.15) is 5.10 Å². The van der Waals surface area contributed by atoms with Crippen molar-refractivity contribution in [2.75, 3.05) is 0 Å². The van der Waals surface area contributed by atoms with Crippen LogP contribution in [0, 0.1) is 6.92 Å². The van der Waals surface area contributed by atoms with E-state index >= 15 is 0 Å². The molecule has 5 nitrogen and oxygen atoms in total. The van der Waals surface area contributed by atoms with Crippen molar-refractivity contribution >= 4 is 27.5 Å². The van der Waals surface area contributed by atoms with E-state index in [1.54, 1.807) is 16.2 Å². The minimum absolute atomic E-state index is 0.163. The molecule has 19 heavy (non-hydrogen) atoms. The number of hydrogen-bond donors (Lipinski definition) is 0. The van der Waals surface area contributed by atoms with Crippen LogP contribution in [0.15, 0.2) is 15.3 Å². The zero-order valence-electron chi connectivity index (χ0n) is 10.9. The summed E-state index contributed by atoms with van der Waals surface area (Å²) in [5.41, 5.74) is 1.75. The van der Waals surface area contributed by atoms with E-state index in [0.29, 0.717) is 12.4 Å². The Morgan fingerprint density at radius 2 is 2.16 bits per heavy atom.